The fraction of sp³-hybridized carbons (Fsp3) is 0.292. The standard InChI is InChI=1S/C24H21BrN2O5/c1-3-31-12-6-11-27-22(29)21-19(20(28)15-13-14(25)9-10-18(15)32-21)24(27)16-7-4-5-8-17(16)26(2)23(24)30/h4-5,7-10,13H,3,6,11-12H2,1-2H3. The number of halogens is 1. The first-order valence-corrected chi connectivity index (χ1v) is 11.3. The Hall–Kier alpha value is -2.97. The second-order valence-electron chi connectivity index (χ2n) is 7.87. The molecule has 0 aliphatic carbocycles. The van der Waals surface area contributed by atoms with Gasteiger partial charge in [-0.1, -0.05) is 34.1 Å². The van der Waals surface area contributed by atoms with Crippen molar-refractivity contribution in [2.75, 3.05) is 31.7 Å². The van der Waals surface area contributed by atoms with Crippen molar-refractivity contribution in [1.82, 2.24) is 4.90 Å². The highest BCUT2D eigenvalue weighted by atomic mass is 79.9. The number of likely N-dealkylation sites (N-methyl/N-ethyl adjacent to an activating group) is 1. The topological polar surface area (TPSA) is 80.1 Å². The molecule has 0 radical (unpaired) electrons. The number of benzene rings is 2. The van der Waals surface area contributed by atoms with E-state index in [2.05, 4.69) is 15.9 Å². The molecule has 2 aromatic carbocycles. The monoisotopic (exact) mass is 496 g/mol. The summed E-state index contributed by atoms with van der Waals surface area (Å²) in [5.74, 6) is -0.875. The van der Waals surface area contributed by atoms with Crippen LogP contribution in [0.5, 0.6) is 0 Å². The molecule has 2 aliphatic rings. The Kier molecular flexibility index (Phi) is 4.94. The van der Waals surface area contributed by atoms with Gasteiger partial charge in [-0.05, 0) is 37.6 Å². The molecule has 2 amide bonds. The van der Waals surface area contributed by atoms with Crippen molar-refractivity contribution >= 4 is 44.4 Å². The van der Waals surface area contributed by atoms with Crippen LogP contribution < -0.4 is 10.3 Å². The van der Waals surface area contributed by atoms with E-state index in [4.69, 9.17) is 9.15 Å². The lowest BCUT2D eigenvalue weighted by Gasteiger charge is -2.34. The molecular formula is C24H21BrN2O5. The fourth-order valence-electron chi connectivity index (χ4n) is 4.84. The fourth-order valence-corrected chi connectivity index (χ4v) is 5.20. The molecule has 1 aromatic heterocycles. The van der Waals surface area contributed by atoms with Gasteiger partial charge in [0, 0.05) is 42.5 Å². The normalized spacial score (nSPS) is 19.3. The molecule has 3 aromatic rings. The summed E-state index contributed by atoms with van der Waals surface area (Å²) >= 11 is 3.40. The van der Waals surface area contributed by atoms with Gasteiger partial charge in [0.25, 0.3) is 11.8 Å². The predicted octanol–water partition coefficient (Wildman–Crippen LogP) is 3.66. The molecular weight excluding hydrogens is 476 g/mol. The highest BCUT2D eigenvalue weighted by Gasteiger charge is 2.64. The van der Waals surface area contributed by atoms with Crippen LogP contribution in [0.15, 0.2) is 56.1 Å². The van der Waals surface area contributed by atoms with Crippen LogP contribution in [0.3, 0.4) is 0 Å². The van der Waals surface area contributed by atoms with Crippen LogP contribution >= 0.6 is 15.9 Å². The van der Waals surface area contributed by atoms with Crippen LogP contribution in [0.1, 0.15) is 35.0 Å². The molecule has 5 rings (SSSR count). The third kappa shape index (κ3) is 2.66. The second kappa shape index (κ2) is 7.56. The summed E-state index contributed by atoms with van der Waals surface area (Å²) < 4.78 is 12.1. The van der Waals surface area contributed by atoms with Crippen molar-refractivity contribution in [3.8, 4) is 0 Å². The zero-order valence-corrected chi connectivity index (χ0v) is 19.3. The minimum atomic E-state index is -1.55. The average molecular weight is 497 g/mol. The van der Waals surface area contributed by atoms with E-state index in [0.717, 1.165) is 0 Å². The molecule has 0 saturated heterocycles. The number of rotatable bonds is 5. The van der Waals surface area contributed by atoms with Gasteiger partial charge >= 0.3 is 0 Å². The molecule has 8 heteroatoms. The highest BCUT2D eigenvalue weighted by molar-refractivity contribution is 9.10. The van der Waals surface area contributed by atoms with Crippen LogP contribution in [-0.2, 0) is 15.1 Å². The molecule has 0 fully saturated rings. The Balaban J connectivity index is 1.82. The number of anilines is 1. The van der Waals surface area contributed by atoms with Crippen molar-refractivity contribution in [3.05, 3.63) is 74.0 Å². The highest BCUT2D eigenvalue weighted by Crippen LogP contribution is 2.52. The van der Waals surface area contributed by atoms with Crippen molar-refractivity contribution in [2.24, 2.45) is 0 Å². The number of amides is 2. The van der Waals surface area contributed by atoms with Crippen LogP contribution in [0.25, 0.3) is 11.0 Å². The number of hydrogen-bond acceptors (Lipinski definition) is 5. The van der Waals surface area contributed by atoms with Gasteiger partial charge in [0.05, 0.1) is 10.9 Å². The smallest absolute Gasteiger partial charge is 0.291 e. The third-order valence-electron chi connectivity index (χ3n) is 6.20. The van der Waals surface area contributed by atoms with Gasteiger partial charge in [0.1, 0.15) is 5.58 Å². The molecule has 32 heavy (non-hydrogen) atoms. The summed E-state index contributed by atoms with van der Waals surface area (Å²) in [5.41, 5.74) is -0.253. The number of ether oxygens (including phenoxy) is 1. The third-order valence-corrected chi connectivity index (χ3v) is 6.70. The van der Waals surface area contributed by atoms with Crippen molar-refractivity contribution in [1.29, 1.82) is 0 Å². The SMILES string of the molecule is CCOCCCN1C(=O)c2oc3ccc(Br)cc3c(=O)c2C12C(=O)N(C)c1ccccc12. The van der Waals surface area contributed by atoms with Crippen molar-refractivity contribution < 1.29 is 18.7 Å². The van der Waals surface area contributed by atoms with Crippen LogP contribution in [0.4, 0.5) is 5.69 Å². The Bertz CT molecular complexity index is 1330. The number of hydrogen-bond donors (Lipinski definition) is 0. The summed E-state index contributed by atoms with van der Waals surface area (Å²) in [6, 6.07) is 12.3. The summed E-state index contributed by atoms with van der Waals surface area (Å²) in [7, 11) is 1.66. The first-order valence-electron chi connectivity index (χ1n) is 10.5. The number of carbonyl (C=O) groups excluding carboxylic acids is 2. The molecule has 2 aliphatic heterocycles. The van der Waals surface area contributed by atoms with E-state index >= 15 is 0 Å². The van der Waals surface area contributed by atoms with Crippen LogP contribution in [0, 0.1) is 0 Å². The molecule has 3 heterocycles. The maximum atomic E-state index is 13.9. The zero-order valence-electron chi connectivity index (χ0n) is 17.7. The van der Waals surface area contributed by atoms with Gasteiger partial charge < -0.3 is 19.0 Å². The van der Waals surface area contributed by atoms with E-state index in [0.29, 0.717) is 46.3 Å². The Morgan fingerprint density at radius 3 is 2.69 bits per heavy atom. The second-order valence-corrected chi connectivity index (χ2v) is 8.79. The van der Waals surface area contributed by atoms with E-state index in [1.165, 1.54) is 9.80 Å². The summed E-state index contributed by atoms with van der Waals surface area (Å²) in [5, 5.41) is 0.321. The zero-order chi connectivity index (χ0) is 22.6. The number of para-hydroxylation sites is 1. The molecule has 164 valence electrons. The summed E-state index contributed by atoms with van der Waals surface area (Å²) in [4.78, 5) is 44.3. The van der Waals surface area contributed by atoms with E-state index in [-0.39, 0.29) is 29.2 Å². The lowest BCUT2D eigenvalue weighted by molar-refractivity contribution is -0.125. The molecule has 0 N–H and O–H groups in total. The molecule has 7 nitrogen and oxygen atoms in total. The Morgan fingerprint density at radius 1 is 1.12 bits per heavy atom. The molecule has 1 unspecified atom stereocenters. The molecule has 0 bridgehead atoms. The minimum absolute atomic E-state index is 0.0697. The van der Waals surface area contributed by atoms with Crippen LogP contribution in [0.2, 0.25) is 0 Å². The largest absolute Gasteiger partial charge is 0.450 e. The quantitative estimate of drug-likeness (QED) is 0.503. The van der Waals surface area contributed by atoms with Crippen molar-refractivity contribution in [2.45, 2.75) is 18.9 Å². The summed E-state index contributed by atoms with van der Waals surface area (Å²) in [6.45, 7) is 3.14. The summed E-state index contributed by atoms with van der Waals surface area (Å²) in [6.07, 6.45) is 0.522. The Labute approximate surface area is 192 Å². The van der Waals surface area contributed by atoms with E-state index < -0.39 is 11.4 Å². The number of nitrogens with zero attached hydrogens (tertiary/aromatic N) is 2. The lowest BCUT2D eigenvalue weighted by Crippen LogP contribution is -2.53. The van der Waals surface area contributed by atoms with Gasteiger partial charge in [-0.25, -0.2) is 0 Å². The Morgan fingerprint density at radius 2 is 1.91 bits per heavy atom. The van der Waals surface area contributed by atoms with Gasteiger partial charge in [-0.15, -0.1) is 0 Å². The average Bonchev–Trinajstić information content (AvgIpc) is 3.17. The van der Waals surface area contributed by atoms with Gasteiger partial charge in [0.15, 0.2) is 11.0 Å². The van der Waals surface area contributed by atoms with E-state index in [9.17, 15) is 14.4 Å². The maximum absolute atomic E-state index is 13.9. The van der Waals surface area contributed by atoms with Crippen molar-refractivity contribution in [3.63, 3.8) is 0 Å². The molecule has 0 saturated carbocycles. The van der Waals surface area contributed by atoms with Gasteiger partial charge in [0.2, 0.25) is 5.76 Å². The first kappa shape index (κ1) is 20.9. The number of fused-ring (bicyclic) bond motifs is 5. The van der Waals surface area contributed by atoms with E-state index in [1.54, 1.807) is 31.3 Å². The van der Waals surface area contributed by atoms with Gasteiger partial charge in [-0.2, -0.15) is 0 Å². The maximum Gasteiger partial charge on any atom is 0.291 e. The predicted molar refractivity (Wildman–Crippen MR) is 123 cm³/mol. The first-order chi connectivity index (χ1) is 15.4. The van der Waals surface area contributed by atoms with Crippen LogP contribution in [-0.4, -0.2) is 43.5 Å². The minimum Gasteiger partial charge on any atom is -0.450 e. The number of carbonyl (C=O) groups is 2. The van der Waals surface area contributed by atoms with E-state index in [1.807, 2.05) is 25.1 Å². The molecule has 1 atom stereocenters. The lowest BCUT2D eigenvalue weighted by atomic mass is 9.84. The van der Waals surface area contributed by atoms with Gasteiger partial charge in [-0.3, -0.25) is 14.4 Å². The molecule has 1 spiro atoms.